The summed E-state index contributed by atoms with van der Waals surface area (Å²) in [5.41, 5.74) is 1.26. The average Bonchev–Trinajstić information content (AvgIpc) is 2.52. The average molecular weight is 277 g/mol. The first-order valence-corrected chi connectivity index (χ1v) is 7.76. The zero-order valence-electron chi connectivity index (χ0n) is 12.6. The van der Waals surface area contributed by atoms with E-state index in [-0.39, 0.29) is 5.60 Å². The topological polar surface area (TPSA) is 30.5 Å². The Balaban J connectivity index is 1.88. The van der Waals surface area contributed by atoms with E-state index in [0.717, 1.165) is 52.0 Å². The molecule has 0 amide bonds. The van der Waals surface area contributed by atoms with E-state index >= 15 is 0 Å². The van der Waals surface area contributed by atoms with Crippen LogP contribution in [-0.2, 0) is 15.1 Å². The molecule has 2 rings (SSSR count). The van der Waals surface area contributed by atoms with Crippen LogP contribution >= 0.6 is 0 Å². The fourth-order valence-electron chi connectivity index (χ4n) is 2.88. The molecular formula is C17H27NO2. The molecule has 1 aliphatic heterocycles. The van der Waals surface area contributed by atoms with Gasteiger partial charge in [0.05, 0.1) is 5.60 Å². The molecule has 3 nitrogen and oxygen atoms in total. The van der Waals surface area contributed by atoms with Gasteiger partial charge < -0.3 is 14.8 Å². The van der Waals surface area contributed by atoms with E-state index in [1.165, 1.54) is 12.0 Å². The zero-order valence-corrected chi connectivity index (χ0v) is 12.6. The molecule has 0 radical (unpaired) electrons. The van der Waals surface area contributed by atoms with Crippen LogP contribution < -0.4 is 5.32 Å². The molecule has 0 unspecified atom stereocenters. The molecule has 0 spiro atoms. The minimum atomic E-state index is -0.0756. The largest absolute Gasteiger partial charge is 0.385 e. The number of benzene rings is 1. The Labute approximate surface area is 122 Å². The van der Waals surface area contributed by atoms with Crippen molar-refractivity contribution in [2.75, 3.05) is 33.4 Å². The highest BCUT2D eigenvalue weighted by molar-refractivity contribution is 5.23. The second-order valence-electron chi connectivity index (χ2n) is 5.51. The van der Waals surface area contributed by atoms with Crippen molar-refractivity contribution in [3.8, 4) is 0 Å². The molecule has 1 aromatic rings. The van der Waals surface area contributed by atoms with Crippen LogP contribution in [0.3, 0.4) is 0 Å². The maximum Gasteiger partial charge on any atom is 0.0955 e. The summed E-state index contributed by atoms with van der Waals surface area (Å²) in [6, 6.07) is 10.7. The van der Waals surface area contributed by atoms with Crippen LogP contribution in [0.4, 0.5) is 0 Å². The van der Waals surface area contributed by atoms with Gasteiger partial charge in [0.25, 0.3) is 0 Å². The lowest BCUT2D eigenvalue weighted by molar-refractivity contribution is -0.0728. The van der Waals surface area contributed by atoms with E-state index in [2.05, 4.69) is 35.6 Å². The molecule has 0 saturated carbocycles. The first kappa shape index (κ1) is 15.5. The molecule has 0 bridgehead atoms. The molecule has 1 N–H and O–H groups in total. The molecule has 1 aromatic carbocycles. The predicted molar refractivity (Wildman–Crippen MR) is 81.9 cm³/mol. The van der Waals surface area contributed by atoms with Crippen LogP contribution in [-0.4, -0.2) is 33.4 Å². The lowest BCUT2D eigenvalue weighted by Crippen LogP contribution is -2.42. The second-order valence-corrected chi connectivity index (χ2v) is 5.51. The lowest BCUT2D eigenvalue weighted by Gasteiger charge is -2.38. The van der Waals surface area contributed by atoms with Gasteiger partial charge in [0, 0.05) is 20.3 Å². The molecule has 0 aromatic heterocycles. The smallest absolute Gasteiger partial charge is 0.0955 e. The standard InChI is InChI=1S/C17H27NO2/c1-19-14-6-3-7-15-20-17(10-12-18-13-11-17)16-8-4-2-5-9-16/h2,4-5,8-9,18H,3,6-7,10-15H2,1H3. The maximum atomic E-state index is 6.36. The SMILES string of the molecule is COCCCCCOC1(c2ccccc2)CCNCC1. The Morgan fingerprint density at radius 2 is 1.70 bits per heavy atom. The number of hydrogen-bond acceptors (Lipinski definition) is 3. The van der Waals surface area contributed by atoms with Crippen molar-refractivity contribution in [1.29, 1.82) is 0 Å². The van der Waals surface area contributed by atoms with E-state index in [1.54, 1.807) is 7.11 Å². The van der Waals surface area contributed by atoms with E-state index in [1.807, 2.05) is 0 Å². The van der Waals surface area contributed by atoms with Crippen molar-refractivity contribution in [3.05, 3.63) is 35.9 Å². The van der Waals surface area contributed by atoms with E-state index in [4.69, 9.17) is 9.47 Å². The summed E-state index contributed by atoms with van der Waals surface area (Å²) < 4.78 is 11.4. The molecule has 3 heteroatoms. The van der Waals surface area contributed by atoms with E-state index in [9.17, 15) is 0 Å². The fraction of sp³-hybridized carbons (Fsp3) is 0.647. The number of nitrogens with one attached hydrogen (secondary N) is 1. The third-order valence-electron chi connectivity index (χ3n) is 4.08. The first-order chi connectivity index (χ1) is 9.87. The Hall–Kier alpha value is -0.900. The summed E-state index contributed by atoms with van der Waals surface area (Å²) in [7, 11) is 1.76. The van der Waals surface area contributed by atoms with Crippen LogP contribution in [0.5, 0.6) is 0 Å². The van der Waals surface area contributed by atoms with Crippen molar-refractivity contribution in [3.63, 3.8) is 0 Å². The van der Waals surface area contributed by atoms with E-state index < -0.39 is 0 Å². The molecule has 1 saturated heterocycles. The fourth-order valence-corrected chi connectivity index (χ4v) is 2.88. The summed E-state index contributed by atoms with van der Waals surface area (Å²) in [6.07, 6.45) is 5.55. The normalized spacial score (nSPS) is 18.1. The van der Waals surface area contributed by atoms with Gasteiger partial charge in [0.2, 0.25) is 0 Å². The number of unbranched alkanes of at least 4 members (excludes halogenated alkanes) is 2. The van der Waals surface area contributed by atoms with E-state index in [0.29, 0.717) is 0 Å². The van der Waals surface area contributed by atoms with Gasteiger partial charge in [-0.05, 0) is 50.8 Å². The Morgan fingerprint density at radius 1 is 1.00 bits per heavy atom. The van der Waals surface area contributed by atoms with Gasteiger partial charge in [-0.3, -0.25) is 0 Å². The molecule has 0 atom stereocenters. The molecular weight excluding hydrogens is 250 g/mol. The summed E-state index contributed by atoms with van der Waals surface area (Å²) in [6.45, 7) is 3.78. The van der Waals surface area contributed by atoms with Crippen molar-refractivity contribution < 1.29 is 9.47 Å². The second kappa shape index (κ2) is 8.40. The number of hydrogen-bond donors (Lipinski definition) is 1. The number of ether oxygens (including phenoxy) is 2. The Bertz CT molecular complexity index is 361. The number of rotatable bonds is 8. The highest BCUT2D eigenvalue weighted by Gasteiger charge is 2.34. The van der Waals surface area contributed by atoms with Crippen LogP contribution in [0.2, 0.25) is 0 Å². The van der Waals surface area contributed by atoms with Crippen molar-refractivity contribution in [1.82, 2.24) is 5.32 Å². The summed E-state index contributed by atoms with van der Waals surface area (Å²) >= 11 is 0. The lowest BCUT2D eigenvalue weighted by atomic mass is 9.85. The van der Waals surface area contributed by atoms with Gasteiger partial charge in [-0.15, -0.1) is 0 Å². The highest BCUT2D eigenvalue weighted by atomic mass is 16.5. The Morgan fingerprint density at radius 3 is 2.40 bits per heavy atom. The quantitative estimate of drug-likeness (QED) is 0.741. The van der Waals surface area contributed by atoms with Crippen molar-refractivity contribution >= 4 is 0 Å². The van der Waals surface area contributed by atoms with Crippen LogP contribution in [0, 0.1) is 0 Å². The highest BCUT2D eigenvalue weighted by Crippen LogP contribution is 2.34. The first-order valence-electron chi connectivity index (χ1n) is 7.76. The van der Waals surface area contributed by atoms with Gasteiger partial charge in [0.15, 0.2) is 0 Å². The van der Waals surface area contributed by atoms with Gasteiger partial charge in [0.1, 0.15) is 0 Å². The number of methoxy groups -OCH3 is 1. The van der Waals surface area contributed by atoms with Gasteiger partial charge in [-0.2, -0.15) is 0 Å². The summed E-state index contributed by atoms with van der Waals surface area (Å²) in [5.74, 6) is 0. The summed E-state index contributed by atoms with van der Waals surface area (Å²) in [4.78, 5) is 0. The van der Waals surface area contributed by atoms with Crippen LogP contribution in [0.15, 0.2) is 30.3 Å². The minimum absolute atomic E-state index is 0.0756. The predicted octanol–water partition coefficient (Wildman–Crippen LogP) is 3.10. The van der Waals surface area contributed by atoms with Gasteiger partial charge in [-0.1, -0.05) is 30.3 Å². The van der Waals surface area contributed by atoms with Crippen LogP contribution in [0.1, 0.15) is 37.7 Å². The van der Waals surface area contributed by atoms with Crippen molar-refractivity contribution in [2.45, 2.75) is 37.7 Å². The summed E-state index contributed by atoms with van der Waals surface area (Å²) in [5, 5.41) is 3.43. The monoisotopic (exact) mass is 277 g/mol. The zero-order chi connectivity index (χ0) is 14.1. The van der Waals surface area contributed by atoms with Gasteiger partial charge >= 0.3 is 0 Å². The van der Waals surface area contributed by atoms with Crippen LogP contribution in [0.25, 0.3) is 0 Å². The minimum Gasteiger partial charge on any atom is -0.385 e. The van der Waals surface area contributed by atoms with Crippen molar-refractivity contribution in [2.24, 2.45) is 0 Å². The third-order valence-corrected chi connectivity index (χ3v) is 4.08. The Kier molecular flexibility index (Phi) is 6.51. The molecule has 112 valence electrons. The molecule has 1 heterocycles. The molecule has 0 aliphatic carbocycles. The molecule has 20 heavy (non-hydrogen) atoms. The third kappa shape index (κ3) is 4.30. The molecule has 1 fully saturated rings. The number of piperidine rings is 1. The molecule has 1 aliphatic rings. The maximum absolute atomic E-state index is 6.36. The van der Waals surface area contributed by atoms with Gasteiger partial charge in [-0.25, -0.2) is 0 Å².